The molecule has 1 heterocycles. The van der Waals surface area contributed by atoms with Gasteiger partial charge in [0, 0.05) is 31.6 Å². The van der Waals surface area contributed by atoms with E-state index in [2.05, 4.69) is 29.2 Å². The molecule has 2 fully saturated rings. The summed E-state index contributed by atoms with van der Waals surface area (Å²) >= 11 is 0. The van der Waals surface area contributed by atoms with Crippen molar-refractivity contribution in [3.05, 3.63) is 35.4 Å². The molecule has 2 aliphatic rings. The van der Waals surface area contributed by atoms with E-state index in [1.165, 1.54) is 36.8 Å². The molecule has 3 rings (SSSR count). The van der Waals surface area contributed by atoms with Crippen LogP contribution in [0.3, 0.4) is 0 Å². The lowest BCUT2D eigenvalue weighted by Crippen LogP contribution is -2.35. The molecule has 0 unspecified atom stereocenters. The number of rotatable bonds is 4. The number of morpholine rings is 1. The molecule has 0 spiro atoms. The second kappa shape index (κ2) is 6.25. The first-order valence-corrected chi connectivity index (χ1v) is 7.92. The van der Waals surface area contributed by atoms with Crippen LogP contribution < -0.4 is 5.73 Å². The highest BCUT2D eigenvalue weighted by molar-refractivity contribution is 5.30. The first-order valence-electron chi connectivity index (χ1n) is 7.92. The number of hydrogen-bond acceptors (Lipinski definition) is 3. The van der Waals surface area contributed by atoms with Crippen LogP contribution in [0.2, 0.25) is 0 Å². The van der Waals surface area contributed by atoms with Gasteiger partial charge in [0.1, 0.15) is 0 Å². The van der Waals surface area contributed by atoms with E-state index in [-0.39, 0.29) is 5.41 Å². The molecule has 2 N–H and O–H groups in total. The minimum atomic E-state index is 0.261. The highest BCUT2D eigenvalue weighted by Gasteiger charge is 2.33. The SMILES string of the molecule is NCC1(c2ccc(CN3CCOCC3)cc2)CCCC1. The van der Waals surface area contributed by atoms with Gasteiger partial charge in [-0.2, -0.15) is 0 Å². The Morgan fingerprint density at radius 3 is 2.30 bits per heavy atom. The second-order valence-electron chi connectivity index (χ2n) is 6.28. The quantitative estimate of drug-likeness (QED) is 0.915. The predicted molar refractivity (Wildman–Crippen MR) is 81.7 cm³/mol. The van der Waals surface area contributed by atoms with Crippen LogP contribution in [0.4, 0.5) is 0 Å². The van der Waals surface area contributed by atoms with E-state index in [1.807, 2.05) is 0 Å². The van der Waals surface area contributed by atoms with E-state index in [1.54, 1.807) is 0 Å². The van der Waals surface area contributed by atoms with Gasteiger partial charge < -0.3 is 10.5 Å². The molecule has 110 valence electrons. The van der Waals surface area contributed by atoms with E-state index in [0.717, 1.165) is 39.4 Å². The number of nitrogens with zero attached hydrogens (tertiary/aromatic N) is 1. The first kappa shape index (κ1) is 14.1. The molecule has 0 radical (unpaired) electrons. The molecule has 1 aromatic carbocycles. The van der Waals surface area contributed by atoms with Crippen molar-refractivity contribution in [1.82, 2.24) is 4.90 Å². The molecule has 0 bridgehead atoms. The average molecular weight is 274 g/mol. The lowest BCUT2D eigenvalue weighted by Gasteiger charge is -2.29. The van der Waals surface area contributed by atoms with Crippen LogP contribution in [0.15, 0.2) is 24.3 Å². The smallest absolute Gasteiger partial charge is 0.0594 e. The van der Waals surface area contributed by atoms with Crippen LogP contribution in [0, 0.1) is 0 Å². The van der Waals surface area contributed by atoms with Gasteiger partial charge >= 0.3 is 0 Å². The summed E-state index contributed by atoms with van der Waals surface area (Å²) in [6.45, 7) is 5.67. The van der Waals surface area contributed by atoms with E-state index in [9.17, 15) is 0 Å². The van der Waals surface area contributed by atoms with Crippen molar-refractivity contribution in [2.45, 2.75) is 37.6 Å². The normalized spacial score (nSPS) is 23.1. The van der Waals surface area contributed by atoms with E-state index < -0.39 is 0 Å². The Morgan fingerprint density at radius 2 is 1.70 bits per heavy atom. The van der Waals surface area contributed by atoms with E-state index >= 15 is 0 Å². The first-order chi connectivity index (χ1) is 9.82. The fourth-order valence-electron chi connectivity index (χ4n) is 3.64. The summed E-state index contributed by atoms with van der Waals surface area (Å²) in [6, 6.07) is 9.21. The van der Waals surface area contributed by atoms with Crippen LogP contribution >= 0.6 is 0 Å². The van der Waals surface area contributed by atoms with Gasteiger partial charge in [-0.05, 0) is 24.0 Å². The summed E-state index contributed by atoms with van der Waals surface area (Å²) in [7, 11) is 0. The van der Waals surface area contributed by atoms with Gasteiger partial charge in [-0.1, -0.05) is 37.1 Å². The predicted octanol–water partition coefficient (Wildman–Crippen LogP) is 2.29. The standard InChI is InChI=1S/C17H26N2O/c18-14-17(7-1-2-8-17)16-5-3-15(4-6-16)13-19-9-11-20-12-10-19/h3-6H,1-2,7-14,18H2. The van der Waals surface area contributed by atoms with Crippen LogP contribution in [0.5, 0.6) is 0 Å². The summed E-state index contributed by atoms with van der Waals surface area (Å²) < 4.78 is 5.40. The van der Waals surface area contributed by atoms with Crippen molar-refractivity contribution in [3.63, 3.8) is 0 Å². The van der Waals surface area contributed by atoms with Gasteiger partial charge in [0.15, 0.2) is 0 Å². The topological polar surface area (TPSA) is 38.5 Å². The third-order valence-electron chi connectivity index (χ3n) is 5.03. The van der Waals surface area contributed by atoms with E-state index in [4.69, 9.17) is 10.5 Å². The van der Waals surface area contributed by atoms with Crippen LogP contribution in [0.1, 0.15) is 36.8 Å². The summed E-state index contributed by atoms with van der Waals surface area (Å²) in [6.07, 6.45) is 5.16. The Balaban J connectivity index is 1.67. The van der Waals surface area contributed by atoms with Crippen LogP contribution in [-0.4, -0.2) is 37.7 Å². The Labute approximate surface area is 122 Å². The van der Waals surface area contributed by atoms with Gasteiger partial charge in [0.2, 0.25) is 0 Å². The molecule has 1 aliphatic carbocycles. The second-order valence-corrected chi connectivity index (χ2v) is 6.28. The molecule has 0 atom stereocenters. The average Bonchev–Trinajstić information content (AvgIpc) is 2.99. The molecule has 20 heavy (non-hydrogen) atoms. The van der Waals surface area contributed by atoms with Crippen LogP contribution in [-0.2, 0) is 16.7 Å². The zero-order chi connectivity index (χ0) is 13.8. The third-order valence-corrected chi connectivity index (χ3v) is 5.03. The molecule has 3 heteroatoms. The number of hydrogen-bond donors (Lipinski definition) is 1. The molecule has 0 amide bonds. The lowest BCUT2D eigenvalue weighted by molar-refractivity contribution is 0.0342. The zero-order valence-corrected chi connectivity index (χ0v) is 12.3. The molecular weight excluding hydrogens is 248 g/mol. The summed E-state index contributed by atoms with van der Waals surface area (Å²) in [5.41, 5.74) is 9.18. The highest BCUT2D eigenvalue weighted by atomic mass is 16.5. The molecule has 0 aromatic heterocycles. The summed E-state index contributed by atoms with van der Waals surface area (Å²) in [4.78, 5) is 2.47. The van der Waals surface area contributed by atoms with Gasteiger partial charge in [-0.25, -0.2) is 0 Å². The maximum atomic E-state index is 6.07. The largest absolute Gasteiger partial charge is 0.379 e. The number of nitrogens with two attached hydrogens (primary N) is 1. The van der Waals surface area contributed by atoms with Gasteiger partial charge in [-0.3, -0.25) is 4.90 Å². The van der Waals surface area contributed by atoms with Crippen molar-refractivity contribution in [3.8, 4) is 0 Å². The zero-order valence-electron chi connectivity index (χ0n) is 12.3. The van der Waals surface area contributed by atoms with Crippen molar-refractivity contribution in [1.29, 1.82) is 0 Å². The van der Waals surface area contributed by atoms with Crippen LogP contribution in [0.25, 0.3) is 0 Å². The minimum Gasteiger partial charge on any atom is -0.379 e. The van der Waals surface area contributed by atoms with Crippen molar-refractivity contribution in [2.75, 3.05) is 32.8 Å². The monoisotopic (exact) mass is 274 g/mol. The van der Waals surface area contributed by atoms with Crippen molar-refractivity contribution < 1.29 is 4.74 Å². The third kappa shape index (κ3) is 2.90. The summed E-state index contributed by atoms with van der Waals surface area (Å²) in [5, 5.41) is 0. The molecule has 1 aliphatic heterocycles. The van der Waals surface area contributed by atoms with Crippen molar-refractivity contribution >= 4 is 0 Å². The molecule has 1 saturated carbocycles. The Hall–Kier alpha value is -0.900. The van der Waals surface area contributed by atoms with Gasteiger partial charge in [0.05, 0.1) is 13.2 Å². The maximum absolute atomic E-state index is 6.07. The fraction of sp³-hybridized carbons (Fsp3) is 0.647. The van der Waals surface area contributed by atoms with E-state index in [0.29, 0.717) is 0 Å². The Morgan fingerprint density at radius 1 is 1.05 bits per heavy atom. The minimum absolute atomic E-state index is 0.261. The number of ether oxygens (including phenoxy) is 1. The fourth-order valence-corrected chi connectivity index (χ4v) is 3.64. The maximum Gasteiger partial charge on any atom is 0.0594 e. The molecule has 1 aromatic rings. The highest BCUT2D eigenvalue weighted by Crippen LogP contribution is 2.40. The lowest BCUT2D eigenvalue weighted by atomic mass is 9.79. The molecule has 3 nitrogen and oxygen atoms in total. The van der Waals surface area contributed by atoms with Gasteiger partial charge in [-0.15, -0.1) is 0 Å². The van der Waals surface area contributed by atoms with Gasteiger partial charge in [0.25, 0.3) is 0 Å². The van der Waals surface area contributed by atoms with Crippen molar-refractivity contribution in [2.24, 2.45) is 5.73 Å². The summed E-state index contributed by atoms with van der Waals surface area (Å²) in [5.74, 6) is 0. The number of benzene rings is 1. The molecule has 1 saturated heterocycles. The molecular formula is C17H26N2O. The Kier molecular flexibility index (Phi) is 4.39. The Bertz CT molecular complexity index is 417.